The third-order valence-corrected chi connectivity index (χ3v) is 13.2. The molecule has 0 amide bonds. The van der Waals surface area contributed by atoms with Crippen LogP contribution in [0.25, 0.3) is 0 Å². The first-order chi connectivity index (χ1) is 31.1. The van der Waals surface area contributed by atoms with E-state index in [2.05, 4.69) is 90.1 Å². The van der Waals surface area contributed by atoms with E-state index in [9.17, 15) is 0 Å². The molecule has 0 aromatic heterocycles. The predicted octanol–water partition coefficient (Wildman–Crippen LogP) is 21.0. The average molecular weight is 924 g/mol. The van der Waals surface area contributed by atoms with Crippen molar-refractivity contribution in [2.24, 2.45) is 9.98 Å². The van der Waals surface area contributed by atoms with Gasteiger partial charge in [-0.1, -0.05) is 233 Å². The summed E-state index contributed by atoms with van der Waals surface area (Å²) in [6, 6.07) is 14.5. The summed E-state index contributed by atoms with van der Waals surface area (Å²) in [5.74, 6) is 0. The van der Waals surface area contributed by atoms with Gasteiger partial charge in [-0.3, -0.25) is 4.99 Å². The number of hydrogen-bond donors (Lipinski definition) is 0. The van der Waals surface area contributed by atoms with Gasteiger partial charge in [0.25, 0.3) is 0 Å². The molecule has 2 rings (SSSR count). The van der Waals surface area contributed by atoms with Crippen LogP contribution in [-0.4, -0.2) is 11.4 Å². The Kier molecular flexibility index (Phi) is 40.9. The molecule has 368 valence electrons. The maximum atomic E-state index is 5.61. The summed E-state index contributed by atoms with van der Waals surface area (Å²) in [7, 11) is 0. The molecule has 0 unspecified atom stereocenters. The zero-order chi connectivity index (χ0) is 45.3. The van der Waals surface area contributed by atoms with Crippen molar-refractivity contribution in [2.45, 2.75) is 292 Å². The summed E-state index contributed by atoms with van der Waals surface area (Å²) in [6.07, 6.45) is 56.0. The van der Waals surface area contributed by atoms with Crippen LogP contribution in [0.4, 0.5) is 11.4 Å². The van der Waals surface area contributed by atoms with E-state index in [0.717, 1.165) is 55.6 Å². The van der Waals surface area contributed by atoms with Crippen LogP contribution in [0.5, 0.6) is 0 Å². The minimum absolute atomic E-state index is 0. The number of nitrogens with zero attached hydrogens (tertiary/aromatic N) is 2. The Morgan fingerprint density at radius 1 is 0.344 bits per heavy atom. The standard InChI is InChI=1S/C61H104N2.Ni/c1-7-13-19-21-23-24-25-26-27-28-29-30-31-32-33-34-35-36-37-39-41-47-61(63-59-52-56(44-17-11-5)49-57(53-59)45-18-12-6)60(46-40-38-22-20-14-8-2)62-58-50-54(42-15-9-3)48-55(51-58)43-16-10-4;/h41,47-53H,7-40,42-46H2,1-6H3;. The van der Waals surface area contributed by atoms with E-state index in [4.69, 9.17) is 9.98 Å². The Hall–Kier alpha value is -1.99. The number of benzene rings is 2. The van der Waals surface area contributed by atoms with Gasteiger partial charge in [-0.2, -0.15) is 0 Å². The fourth-order valence-electron chi connectivity index (χ4n) is 9.06. The molecule has 0 atom stereocenters. The fraction of sp³-hybridized carbons (Fsp3) is 0.738. The van der Waals surface area contributed by atoms with Gasteiger partial charge in [0.05, 0.1) is 22.8 Å². The number of aryl methyl sites for hydroxylation is 4. The van der Waals surface area contributed by atoms with Gasteiger partial charge in [0, 0.05) is 16.5 Å². The van der Waals surface area contributed by atoms with Crippen LogP contribution in [0.1, 0.15) is 289 Å². The predicted molar refractivity (Wildman–Crippen MR) is 287 cm³/mol. The molecule has 0 aliphatic rings. The minimum atomic E-state index is 0. The molecule has 2 nitrogen and oxygen atoms in total. The molecule has 0 spiro atoms. The summed E-state index contributed by atoms with van der Waals surface area (Å²) in [6.45, 7) is 13.8. The van der Waals surface area contributed by atoms with E-state index in [1.165, 1.54) is 240 Å². The maximum absolute atomic E-state index is 5.61. The Morgan fingerprint density at radius 3 is 0.984 bits per heavy atom. The van der Waals surface area contributed by atoms with Gasteiger partial charge < -0.3 is 0 Å². The first kappa shape index (κ1) is 60.0. The van der Waals surface area contributed by atoms with Crippen molar-refractivity contribution in [3.63, 3.8) is 0 Å². The smallest absolute Gasteiger partial charge is 0.0848 e. The Balaban J connectivity index is 0.0000205. The molecule has 0 aliphatic carbocycles. The van der Waals surface area contributed by atoms with Gasteiger partial charge in [-0.05, 0) is 130 Å². The van der Waals surface area contributed by atoms with Gasteiger partial charge in [-0.15, -0.1) is 0 Å². The van der Waals surface area contributed by atoms with Crippen molar-refractivity contribution in [1.29, 1.82) is 0 Å². The minimum Gasteiger partial charge on any atom is -0.251 e. The molecule has 0 bridgehead atoms. The maximum Gasteiger partial charge on any atom is 0.0848 e. The topological polar surface area (TPSA) is 24.7 Å². The van der Waals surface area contributed by atoms with Crippen molar-refractivity contribution in [2.75, 3.05) is 0 Å². The van der Waals surface area contributed by atoms with Crippen LogP contribution in [0.15, 0.2) is 58.5 Å². The largest absolute Gasteiger partial charge is 0.251 e. The number of hydrogen-bond acceptors (Lipinski definition) is 2. The molecule has 0 radical (unpaired) electrons. The van der Waals surface area contributed by atoms with Gasteiger partial charge in [0.1, 0.15) is 0 Å². The molecule has 0 heterocycles. The normalized spacial score (nSPS) is 12.2. The first-order valence-corrected chi connectivity index (χ1v) is 28.1. The SMILES string of the molecule is CCCCCCCCCCCCCCCCCCCCCC=CC(=Nc1cc(CCCC)cc(CCCC)c1)C(CCCCCCCC)=Nc1cc(CCCC)cc(CCCC)c1.[Ni]. The Bertz CT molecular complexity index is 1400. The molecule has 0 saturated heterocycles. The van der Waals surface area contributed by atoms with E-state index < -0.39 is 0 Å². The van der Waals surface area contributed by atoms with E-state index in [0.29, 0.717) is 0 Å². The molecule has 0 fully saturated rings. The van der Waals surface area contributed by atoms with Crippen LogP contribution in [0, 0.1) is 0 Å². The zero-order valence-corrected chi connectivity index (χ0v) is 44.4. The van der Waals surface area contributed by atoms with Crippen molar-refractivity contribution >= 4 is 22.8 Å². The molecular weight excluding hydrogens is 819 g/mol. The van der Waals surface area contributed by atoms with Crippen LogP contribution in [0.3, 0.4) is 0 Å². The zero-order valence-electron chi connectivity index (χ0n) is 43.4. The number of allylic oxidation sites excluding steroid dienone is 2. The summed E-state index contributed by atoms with van der Waals surface area (Å²) in [5, 5.41) is 0. The van der Waals surface area contributed by atoms with E-state index >= 15 is 0 Å². The summed E-state index contributed by atoms with van der Waals surface area (Å²) < 4.78 is 0. The molecule has 64 heavy (non-hydrogen) atoms. The number of unbranched alkanes of at least 4 members (excludes halogenated alkanes) is 28. The van der Waals surface area contributed by atoms with Gasteiger partial charge in [0.15, 0.2) is 0 Å². The summed E-state index contributed by atoms with van der Waals surface area (Å²) in [4.78, 5) is 11.2. The van der Waals surface area contributed by atoms with E-state index in [-0.39, 0.29) is 16.5 Å². The summed E-state index contributed by atoms with van der Waals surface area (Å²) >= 11 is 0. The molecular formula is C61H104N2Ni. The van der Waals surface area contributed by atoms with Gasteiger partial charge in [-0.25, -0.2) is 4.99 Å². The number of aliphatic imine (C=N–C) groups is 2. The third-order valence-electron chi connectivity index (χ3n) is 13.2. The van der Waals surface area contributed by atoms with Gasteiger partial charge >= 0.3 is 0 Å². The molecule has 0 saturated carbocycles. The van der Waals surface area contributed by atoms with Crippen LogP contribution < -0.4 is 0 Å². The molecule has 0 aliphatic heterocycles. The van der Waals surface area contributed by atoms with Crippen molar-refractivity contribution < 1.29 is 16.5 Å². The first-order valence-electron chi connectivity index (χ1n) is 28.1. The van der Waals surface area contributed by atoms with Gasteiger partial charge in [0.2, 0.25) is 0 Å². The second-order valence-electron chi connectivity index (χ2n) is 19.6. The second kappa shape index (κ2) is 43.6. The molecule has 2 aromatic rings. The molecule has 3 heteroatoms. The Labute approximate surface area is 410 Å². The average Bonchev–Trinajstić information content (AvgIpc) is 3.29. The van der Waals surface area contributed by atoms with Crippen molar-refractivity contribution in [3.05, 3.63) is 70.8 Å². The number of rotatable bonds is 43. The van der Waals surface area contributed by atoms with Crippen molar-refractivity contribution in [3.8, 4) is 0 Å². The Morgan fingerprint density at radius 2 is 0.641 bits per heavy atom. The second-order valence-corrected chi connectivity index (χ2v) is 19.6. The third kappa shape index (κ3) is 31.8. The van der Waals surface area contributed by atoms with Crippen LogP contribution in [0.2, 0.25) is 0 Å². The molecule has 2 aromatic carbocycles. The van der Waals surface area contributed by atoms with Crippen LogP contribution in [-0.2, 0) is 42.2 Å². The van der Waals surface area contributed by atoms with Crippen molar-refractivity contribution in [1.82, 2.24) is 0 Å². The van der Waals surface area contributed by atoms with E-state index in [1.54, 1.807) is 0 Å². The molecule has 0 N–H and O–H groups in total. The quantitative estimate of drug-likeness (QED) is 0.0360. The monoisotopic (exact) mass is 923 g/mol. The van der Waals surface area contributed by atoms with Crippen LogP contribution >= 0.6 is 0 Å². The fourth-order valence-corrected chi connectivity index (χ4v) is 9.06. The van der Waals surface area contributed by atoms with E-state index in [1.807, 2.05) is 0 Å². The summed E-state index contributed by atoms with van der Waals surface area (Å²) in [5.41, 5.74) is 10.3.